The molecule has 1 aromatic carbocycles. The maximum atomic E-state index is 14.5. The summed E-state index contributed by atoms with van der Waals surface area (Å²) in [5.74, 6) is -3.13. The Hall–Kier alpha value is -2.59. The molecule has 4 aliphatic rings. The molecule has 0 unspecified atom stereocenters. The normalized spacial score (nSPS) is 41.6. The van der Waals surface area contributed by atoms with Crippen molar-refractivity contribution in [1.29, 1.82) is 0 Å². The van der Waals surface area contributed by atoms with Crippen molar-refractivity contribution in [3.8, 4) is 0 Å². The number of rotatable bonds is 3. The van der Waals surface area contributed by atoms with Gasteiger partial charge in [0.1, 0.15) is 11.7 Å². The van der Waals surface area contributed by atoms with E-state index >= 15 is 0 Å². The van der Waals surface area contributed by atoms with Crippen LogP contribution in [0.2, 0.25) is 0 Å². The van der Waals surface area contributed by atoms with E-state index in [1.165, 1.54) is 6.92 Å². The lowest BCUT2D eigenvalue weighted by Crippen LogP contribution is -2.75. The van der Waals surface area contributed by atoms with E-state index in [0.29, 0.717) is 5.57 Å². The molecule has 38 heavy (non-hydrogen) atoms. The fourth-order valence-electron chi connectivity index (χ4n) is 7.45. The summed E-state index contributed by atoms with van der Waals surface area (Å²) in [6.45, 7) is 8.11. The Morgan fingerprint density at radius 1 is 1.08 bits per heavy atom. The summed E-state index contributed by atoms with van der Waals surface area (Å²) in [5, 5.41) is 35.3. The van der Waals surface area contributed by atoms with Gasteiger partial charge in [0.15, 0.2) is 11.9 Å². The van der Waals surface area contributed by atoms with Crippen LogP contribution < -0.4 is 0 Å². The smallest absolute Gasteiger partial charge is 0.338 e. The number of ether oxygens (including phenoxy) is 3. The summed E-state index contributed by atoms with van der Waals surface area (Å²) >= 11 is 0. The zero-order valence-electron chi connectivity index (χ0n) is 22.3. The number of carbonyl (C=O) groups excluding carboxylic acids is 3. The van der Waals surface area contributed by atoms with Crippen LogP contribution in [0, 0.1) is 22.7 Å². The highest BCUT2D eigenvalue weighted by molar-refractivity contribution is 5.95. The van der Waals surface area contributed by atoms with Gasteiger partial charge in [0, 0.05) is 37.0 Å². The monoisotopic (exact) mass is 528 g/mol. The Morgan fingerprint density at radius 2 is 1.74 bits per heavy atom. The van der Waals surface area contributed by atoms with Gasteiger partial charge in [-0.2, -0.15) is 0 Å². The number of ketones is 1. The predicted octanol–water partition coefficient (Wildman–Crippen LogP) is 1.97. The van der Waals surface area contributed by atoms with Crippen molar-refractivity contribution >= 4 is 17.7 Å². The van der Waals surface area contributed by atoms with E-state index < -0.39 is 70.6 Å². The second-order valence-electron chi connectivity index (χ2n) is 12.0. The molecule has 3 N–H and O–H groups in total. The van der Waals surface area contributed by atoms with E-state index in [9.17, 15) is 29.7 Å². The van der Waals surface area contributed by atoms with Crippen molar-refractivity contribution in [3.05, 3.63) is 47.0 Å². The maximum absolute atomic E-state index is 14.5. The minimum Gasteiger partial charge on any atom is -0.455 e. The third-order valence-corrected chi connectivity index (χ3v) is 9.82. The van der Waals surface area contributed by atoms with Gasteiger partial charge in [-0.3, -0.25) is 9.59 Å². The van der Waals surface area contributed by atoms with Crippen LogP contribution in [0.15, 0.2) is 41.5 Å². The van der Waals surface area contributed by atoms with Gasteiger partial charge < -0.3 is 29.5 Å². The first-order chi connectivity index (χ1) is 17.7. The van der Waals surface area contributed by atoms with E-state index in [1.54, 1.807) is 58.0 Å². The third kappa shape index (κ3) is 3.62. The highest BCUT2D eigenvalue weighted by Crippen LogP contribution is 2.62. The standard InChI is InChI=1S/C29H36O9/c1-14-18(31)12-29(35)25(38-26(34)16-9-7-6-8-10-16)22-17-13-36-19(17)11-20(32)28(22,5)24(33)23(37-15(2)30)21(14)27(29,3)4/h6-10,17-20,22-23,25,31-32,35H,11-13H2,1-5H3/t17-,18+,19-,20+,22+,23-,25+,28-,29-/m1/s1. The van der Waals surface area contributed by atoms with Gasteiger partial charge in [-0.05, 0) is 37.1 Å². The highest BCUT2D eigenvalue weighted by Gasteiger charge is 2.72. The van der Waals surface area contributed by atoms with E-state index in [0.717, 1.165) is 0 Å². The number of aliphatic hydroxyl groups excluding tert-OH is 2. The molecule has 1 aliphatic heterocycles. The topological polar surface area (TPSA) is 140 Å². The Morgan fingerprint density at radius 3 is 2.32 bits per heavy atom. The average molecular weight is 529 g/mol. The molecule has 2 bridgehead atoms. The van der Waals surface area contributed by atoms with Gasteiger partial charge in [-0.15, -0.1) is 0 Å². The first kappa shape index (κ1) is 27.0. The Kier molecular flexibility index (Phi) is 6.38. The Bertz CT molecular complexity index is 1190. The lowest BCUT2D eigenvalue weighted by molar-refractivity contribution is -0.277. The summed E-state index contributed by atoms with van der Waals surface area (Å²) < 4.78 is 17.5. The molecule has 1 saturated heterocycles. The van der Waals surface area contributed by atoms with Crippen molar-refractivity contribution in [3.63, 3.8) is 0 Å². The first-order valence-electron chi connectivity index (χ1n) is 13.1. The number of benzene rings is 1. The van der Waals surface area contributed by atoms with Gasteiger partial charge in [-0.1, -0.05) is 32.0 Å². The summed E-state index contributed by atoms with van der Waals surface area (Å²) in [6, 6.07) is 8.34. The van der Waals surface area contributed by atoms with Crippen LogP contribution in [0.4, 0.5) is 0 Å². The van der Waals surface area contributed by atoms with E-state index in [-0.39, 0.29) is 36.5 Å². The number of hydrogen-bond donors (Lipinski definition) is 3. The molecule has 9 heteroatoms. The molecule has 3 aliphatic carbocycles. The number of carbonyl (C=O) groups is 3. The number of aliphatic hydroxyl groups is 3. The maximum Gasteiger partial charge on any atom is 0.338 e. The van der Waals surface area contributed by atoms with Gasteiger partial charge in [0.2, 0.25) is 0 Å². The third-order valence-electron chi connectivity index (χ3n) is 9.82. The number of Topliss-reactive ketones (excluding diaryl/α,β-unsaturated/α-hetero) is 1. The summed E-state index contributed by atoms with van der Waals surface area (Å²) in [5.41, 5.74) is -3.76. The second kappa shape index (κ2) is 8.98. The second-order valence-corrected chi connectivity index (χ2v) is 12.0. The lowest BCUT2D eigenvalue weighted by atomic mass is 9.46. The fraction of sp³-hybridized carbons (Fsp3) is 0.621. The molecule has 5 rings (SSSR count). The van der Waals surface area contributed by atoms with Crippen LogP contribution in [0.25, 0.3) is 0 Å². The van der Waals surface area contributed by atoms with Crippen LogP contribution in [-0.4, -0.2) is 75.8 Å². The van der Waals surface area contributed by atoms with Gasteiger partial charge in [-0.25, -0.2) is 4.79 Å². The summed E-state index contributed by atoms with van der Waals surface area (Å²) in [4.78, 5) is 40.2. The SMILES string of the molecule is CC(=O)O[C@H]1C(=O)[C@@]2(C)[C@@H]([C@@H]3CO[C@@H]3C[C@@H]2O)[C@H](OC(=O)c2ccccc2)[C@]2(O)C[C@H](O)C(C)=C1C2(C)C. The van der Waals surface area contributed by atoms with Crippen molar-refractivity contribution in [2.75, 3.05) is 6.61 Å². The zero-order valence-corrected chi connectivity index (χ0v) is 22.3. The van der Waals surface area contributed by atoms with E-state index in [2.05, 4.69) is 0 Å². The minimum atomic E-state index is -1.88. The van der Waals surface area contributed by atoms with Crippen molar-refractivity contribution in [1.82, 2.24) is 0 Å². The molecule has 0 amide bonds. The molecule has 0 aromatic heterocycles. The zero-order chi connectivity index (χ0) is 27.8. The largest absolute Gasteiger partial charge is 0.455 e. The molecule has 9 nitrogen and oxygen atoms in total. The summed E-state index contributed by atoms with van der Waals surface area (Å²) in [7, 11) is 0. The van der Waals surface area contributed by atoms with Crippen LogP contribution in [0.3, 0.4) is 0 Å². The quantitative estimate of drug-likeness (QED) is 0.397. The molecule has 0 radical (unpaired) electrons. The minimum absolute atomic E-state index is 0.177. The van der Waals surface area contributed by atoms with Crippen LogP contribution in [0.5, 0.6) is 0 Å². The van der Waals surface area contributed by atoms with Crippen LogP contribution in [-0.2, 0) is 23.8 Å². The molecule has 3 fully saturated rings. The number of esters is 2. The lowest BCUT2D eigenvalue weighted by Gasteiger charge is -2.64. The summed E-state index contributed by atoms with van der Waals surface area (Å²) in [6.07, 6.45) is -5.51. The molecule has 1 aromatic rings. The van der Waals surface area contributed by atoms with Crippen LogP contribution in [0.1, 0.15) is 57.8 Å². The molecular formula is C29H36O9. The molecular weight excluding hydrogens is 492 g/mol. The fourth-order valence-corrected chi connectivity index (χ4v) is 7.45. The van der Waals surface area contributed by atoms with Gasteiger partial charge in [0.05, 0.1) is 35.9 Å². The number of hydrogen-bond acceptors (Lipinski definition) is 9. The van der Waals surface area contributed by atoms with Crippen molar-refractivity contribution < 1.29 is 43.9 Å². The van der Waals surface area contributed by atoms with Gasteiger partial charge >= 0.3 is 11.9 Å². The molecule has 206 valence electrons. The molecule has 2 saturated carbocycles. The molecule has 1 heterocycles. The average Bonchev–Trinajstić information content (AvgIpc) is 2.84. The number of fused-ring (bicyclic) bond motifs is 5. The Labute approximate surface area is 221 Å². The van der Waals surface area contributed by atoms with Crippen LogP contribution >= 0.6 is 0 Å². The van der Waals surface area contributed by atoms with Gasteiger partial charge in [0.25, 0.3) is 0 Å². The van der Waals surface area contributed by atoms with Crippen molar-refractivity contribution in [2.24, 2.45) is 22.7 Å². The molecule has 0 spiro atoms. The van der Waals surface area contributed by atoms with Crippen molar-refractivity contribution in [2.45, 2.75) is 83.6 Å². The Balaban J connectivity index is 1.77. The predicted molar refractivity (Wildman–Crippen MR) is 134 cm³/mol. The first-order valence-corrected chi connectivity index (χ1v) is 13.1. The van der Waals surface area contributed by atoms with E-state index in [4.69, 9.17) is 14.2 Å². The highest BCUT2D eigenvalue weighted by atomic mass is 16.6. The van der Waals surface area contributed by atoms with E-state index in [1.807, 2.05) is 0 Å². The molecule has 9 atom stereocenters.